The Morgan fingerprint density at radius 2 is 2.12 bits per heavy atom. The van der Waals surface area contributed by atoms with Crippen molar-refractivity contribution in [2.24, 2.45) is 5.92 Å². The minimum absolute atomic E-state index is 0.761. The third kappa shape index (κ3) is 3.53. The fourth-order valence-corrected chi connectivity index (χ4v) is 1.82. The number of rotatable bonds is 6. The van der Waals surface area contributed by atoms with Gasteiger partial charge in [-0.05, 0) is 50.8 Å². The van der Waals surface area contributed by atoms with Crippen LogP contribution in [0.15, 0.2) is 18.2 Å². The van der Waals surface area contributed by atoms with E-state index in [9.17, 15) is 0 Å². The van der Waals surface area contributed by atoms with E-state index in [1.165, 1.54) is 24.0 Å². The fraction of sp³-hybridized carbons (Fsp3) is 0.571. The average Bonchev–Trinajstić information content (AvgIpc) is 3.04. The van der Waals surface area contributed by atoms with Crippen LogP contribution in [0.3, 0.4) is 0 Å². The highest BCUT2D eigenvalue weighted by atomic mass is 16.5. The van der Waals surface area contributed by atoms with Crippen molar-refractivity contribution in [3.63, 3.8) is 0 Å². The molecule has 1 aliphatic carbocycles. The Hall–Kier alpha value is -1.02. The molecule has 0 aromatic heterocycles. The summed E-state index contributed by atoms with van der Waals surface area (Å²) in [4.78, 5) is 0. The average molecular weight is 219 g/mol. The molecule has 16 heavy (non-hydrogen) atoms. The van der Waals surface area contributed by atoms with E-state index < -0.39 is 0 Å². The van der Waals surface area contributed by atoms with Crippen LogP contribution >= 0.6 is 0 Å². The third-order valence-corrected chi connectivity index (χ3v) is 3.00. The molecule has 0 spiro atoms. The second kappa shape index (κ2) is 5.35. The van der Waals surface area contributed by atoms with Gasteiger partial charge in [0.25, 0.3) is 0 Å². The van der Waals surface area contributed by atoms with Crippen molar-refractivity contribution in [1.82, 2.24) is 5.32 Å². The zero-order valence-electron chi connectivity index (χ0n) is 10.3. The van der Waals surface area contributed by atoms with Crippen molar-refractivity contribution in [2.75, 3.05) is 19.7 Å². The zero-order valence-corrected chi connectivity index (χ0v) is 10.3. The first-order valence-electron chi connectivity index (χ1n) is 6.16. The van der Waals surface area contributed by atoms with Gasteiger partial charge in [-0.2, -0.15) is 0 Å². The molecule has 2 nitrogen and oxygen atoms in total. The quantitative estimate of drug-likeness (QED) is 0.743. The van der Waals surface area contributed by atoms with Crippen LogP contribution in [0, 0.1) is 19.8 Å². The molecule has 1 aromatic carbocycles. The van der Waals surface area contributed by atoms with E-state index >= 15 is 0 Å². The van der Waals surface area contributed by atoms with E-state index in [-0.39, 0.29) is 0 Å². The minimum atomic E-state index is 0.761. The second-order valence-corrected chi connectivity index (χ2v) is 4.76. The third-order valence-electron chi connectivity index (χ3n) is 3.00. The molecule has 88 valence electrons. The summed E-state index contributed by atoms with van der Waals surface area (Å²) in [6.07, 6.45) is 2.82. The summed E-state index contributed by atoms with van der Waals surface area (Å²) in [5.74, 6) is 1.96. The maximum Gasteiger partial charge on any atom is 0.122 e. The minimum Gasteiger partial charge on any atom is -0.492 e. The summed E-state index contributed by atoms with van der Waals surface area (Å²) >= 11 is 0. The van der Waals surface area contributed by atoms with Gasteiger partial charge in [-0.1, -0.05) is 17.7 Å². The molecule has 0 unspecified atom stereocenters. The molecule has 0 heterocycles. The van der Waals surface area contributed by atoms with Crippen LogP contribution in [0.25, 0.3) is 0 Å². The Kier molecular flexibility index (Phi) is 3.83. The Labute approximate surface area is 98.0 Å². The summed E-state index contributed by atoms with van der Waals surface area (Å²) in [5, 5.41) is 3.42. The Bertz CT molecular complexity index is 345. The van der Waals surface area contributed by atoms with Gasteiger partial charge >= 0.3 is 0 Å². The molecule has 1 saturated carbocycles. The van der Waals surface area contributed by atoms with Crippen molar-refractivity contribution < 1.29 is 4.74 Å². The molecule has 0 radical (unpaired) electrons. The second-order valence-electron chi connectivity index (χ2n) is 4.76. The lowest BCUT2D eigenvalue weighted by atomic mass is 10.1. The van der Waals surface area contributed by atoms with Crippen LogP contribution in [-0.2, 0) is 0 Å². The lowest BCUT2D eigenvalue weighted by molar-refractivity contribution is 0.311. The number of nitrogens with one attached hydrogen (secondary N) is 1. The standard InChI is InChI=1S/C14H21NO/c1-11-3-6-14(12(2)9-11)16-8-7-15-10-13-4-5-13/h3,6,9,13,15H,4-5,7-8,10H2,1-2H3. The van der Waals surface area contributed by atoms with Crippen LogP contribution in [0.1, 0.15) is 24.0 Å². The molecular weight excluding hydrogens is 198 g/mol. The predicted octanol–water partition coefficient (Wildman–Crippen LogP) is 2.68. The Morgan fingerprint density at radius 3 is 2.81 bits per heavy atom. The molecule has 1 fully saturated rings. The van der Waals surface area contributed by atoms with Crippen molar-refractivity contribution in [3.8, 4) is 5.75 Å². The number of aryl methyl sites for hydroxylation is 2. The van der Waals surface area contributed by atoms with Gasteiger partial charge in [0.15, 0.2) is 0 Å². The first-order chi connectivity index (χ1) is 7.75. The molecule has 0 saturated heterocycles. The molecule has 2 heteroatoms. The van der Waals surface area contributed by atoms with E-state index in [0.717, 1.165) is 31.4 Å². The van der Waals surface area contributed by atoms with Gasteiger partial charge in [0.1, 0.15) is 12.4 Å². The van der Waals surface area contributed by atoms with Gasteiger partial charge in [-0.3, -0.25) is 0 Å². The van der Waals surface area contributed by atoms with E-state index in [1.54, 1.807) is 0 Å². The molecule has 2 rings (SSSR count). The van der Waals surface area contributed by atoms with Crippen molar-refractivity contribution in [1.29, 1.82) is 0 Å². The summed E-state index contributed by atoms with van der Waals surface area (Å²) in [5.41, 5.74) is 2.51. The highest BCUT2D eigenvalue weighted by molar-refractivity contribution is 5.35. The number of hydrogen-bond donors (Lipinski definition) is 1. The molecule has 1 aliphatic rings. The molecule has 1 aromatic rings. The molecule has 0 atom stereocenters. The Morgan fingerprint density at radius 1 is 1.31 bits per heavy atom. The highest BCUT2D eigenvalue weighted by Crippen LogP contribution is 2.27. The van der Waals surface area contributed by atoms with Crippen LogP contribution in [0.2, 0.25) is 0 Å². The predicted molar refractivity (Wildman–Crippen MR) is 67.0 cm³/mol. The fourth-order valence-electron chi connectivity index (χ4n) is 1.82. The smallest absolute Gasteiger partial charge is 0.122 e. The summed E-state index contributed by atoms with van der Waals surface area (Å²) < 4.78 is 5.73. The van der Waals surface area contributed by atoms with Gasteiger partial charge in [-0.15, -0.1) is 0 Å². The van der Waals surface area contributed by atoms with Gasteiger partial charge < -0.3 is 10.1 Å². The van der Waals surface area contributed by atoms with Crippen molar-refractivity contribution in [3.05, 3.63) is 29.3 Å². The topological polar surface area (TPSA) is 21.3 Å². The number of ether oxygens (including phenoxy) is 1. The lowest BCUT2D eigenvalue weighted by Crippen LogP contribution is -2.23. The van der Waals surface area contributed by atoms with E-state index in [0.29, 0.717) is 0 Å². The molecule has 1 N–H and O–H groups in total. The van der Waals surface area contributed by atoms with Crippen LogP contribution in [0.5, 0.6) is 5.75 Å². The first kappa shape index (κ1) is 11.5. The van der Waals surface area contributed by atoms with E-state index in [2.05, 4.69) is 37.4 Å². The van der Waals surface area contributed by atoms with Crippen LogP contribution in [-0.4, -0.2) is 19.7 Å². The summed E-state index contributed by atoms with van der Waals surface area (Å²) in [6, 6.07) is 6.32. The Balaban J connectivity index is 1.67. The van der Waals surface area contributed by atoms with Gasteiger partial charge in [-0.25, -0.2) is 0 Å². The van der Waals surface area contributed by atoms with E-state index in [1.807, 2.05) is 0 Å². The first-order valence-corrected chi connectivity index (χ1v) is 6.16. The van der Waals surface area contributed by atoms with Gasteiger partial charge in [0.2, 0.25) is 0 Å². The number of benzene rings is 1. The number of hydrogen-bond acceptors (Lipinski definition) is 2. The van der Waals surface area contributed by atoms with Crippen LogP contribution in [0.4, 0.5) is 0 Å². The highest BCUT2D eigenvalue weighted by Gasteiger charge is 2.19. The van der Waals surface area contributed by atoms with Crippen molar-refractivity contribution in [2.45, 2.75) is 26.7 Å². The molecule has 0 amide bonds. The van der Waals surface area contributed by atoms with Gasteiger partial charge in [0, 0.05) is 6.54 Å². The SMILES string of the molecule is Cc1ccc(OCCNCC2CC2)c(C)c1. The van der Waals surface area contributed by atoms with Crippen LogP contribution < -0.4 is 10.1 Å². The maximum absolute atomic E-state index is 5.73. The largest absolute Gasteiger partial charge is 0.492 e. The van der Waals surface area contributed by atoms with E-state index in [4.69, 9.17) is 4.74 Å². The molecule has 0 aliphatic heterocycles. The maximum atomic E-state index is 5.73. The summed E-state index contributed by atoms with van der Waals surface area (Å²) in [7, 11) is 0. The van der Waals surface area contributed by atoms with Gasteiger partial charge in [0.05, 0.1) is 0 Å². The van der Waals surface area contributed by atoms with Crippen molar-refractivity contribution >= 4 is 0 Å². The monoisotopic (exact) mass is 219 g/mol. The zero-order chi connectivity index (χ0) is 11.4. The summed E-state index contributed by atoms with van der Waals surface area (Å²) in [6.45, 7) is 7.07. The molecular formula is C14H21NO. The lowest BCUT2D eigenvalue weighted by Gasteiger charge is -2.10. The normalized spacial score (nSPS) is 15.1. The molecule has 0 bridgehead atoms.